The first kappa shape index (κ1) is 15.9. The molecule has 0 spiro atoms. The van der Waals surface area contributed by atoms with Crippen molar-refractivity contribution in [3.63, 3.8) is 0 Å². The number of aromatic amines is 1. The predicted molar refractivity (Wildman–Crippen MR) is 91.9 cm³/mol. The Kier molecular flexibility index (Phi) is 4.37. The summed E-state index contributed by atoms with van der Waals surface area (Å²) in [6.07, 6.45) is 3.44. The molecule has 24 heavy (non-hydrogen) atoms. The molecule has 1 atom stereocenters. The van der Waals surface area contributed by atoms with E-state index < -0.39 is 0 Å². The quantitative estimate of drug-likeness (QED) is 0.758. The lowest BCUT2D eigenvalue weighted by Gasteiger charge is -2.14. The summed E-state index contributed by atoms with van der Waals surface area (Å²) >= 11 is 0. The summed E-state index contributed by atoms with van der Waals surface area (Å²) in [6.45, 7) is 1.96. The highest BCUT2D eigenvalue weighted by Gasteiger charge is 2.19. The summed E-state index contributed by atoms with van der Waals surface area (Å²) in [5.74, 6) is 0.296. The number of nitrogens with zero attached hydrogens (tertiary/aromatic N) is 2. The molecule has 0 radical (unpaired) electrons. The SMILES string of the molecule is CNC(=O)c1[nH]c(-c2cnn(C)c2)cc1OC(C)c1ccccc1. The van der Waals surface area contributed by atoms with Gasteiger partial charge >= 0.3 is 0 Å². The minimum absolute atomic E-state index is 0.174. The van der Waals surface area contributed by atoms with E-state index in [-0.39, 0.29) is 12.0 Å². The van der Waals surface area contributed by atoms with Gasteiger partial charge in [0.1, 0.15) is 11.8 Å². The van der Waals surface area contributed by atoms with Crippen molar-refractivity contribution in [2.45, 2.75) is 13.0 Å². The Balaban J connectivity index is 1.93. The molecule has 3 rings (SSSR count). The molecule has 3 aromatic rings. The summed E-state index contributed by atoms with van der Waals surface area (Å²) in [7, 11) is 3.44. The van der Waals surface area contributed by atoms with Crippen LogP contribution < -0.4 is 10.1 Å². The molecule has 124 valence electrons. The topological polar surface area (TPSA) is 71.9 Å². The van der Waals surface area contributed by atoms with E-state index >= 15 is 0 Å². The number of nitrogens with one attached hydrogen (secondary N) is 2. The normalized spacial score (nSPS) is 12.0. The van der Waals surface area contributed by atoms with E-state index in [0.29, 0.717) is 11.4 Å². The first-order valence-electron chi connectivity index (χ1n) is 7.74. The fraction of sp³-hybridized carbons (Fsp3) is 0.222. The monoisotopic (exact) mass is 324 g/mol. The van der Waals surface area contributed by atoms with E-state index in [2.05, 4.69) is 15.4 Å². The van der Waals surface area contributed by atoms with Gasteiger partial charge in [0, 0.05) is 31.9 Å². The fourth-order valence-electron chi connectivity index (χ4n) is 2.52. The Labute approximate surface area is 140 Å². The van der Waals surface area contributed by atoms with Crippen molar-refractivity contribution in [1.82, 2.24) is 20.1 Å². The molecule has 0 bridgehead atoms. The lowest BCUT2D eigenvalue weighted by molar-refractivity contribution is 0.0952. The summed E-state index contributed by atoms with van der Waals surface area (Å²) < 4.78 is 7.76. The van der Waals surface area contributed by atoms with E-state index in [1.807, 2.05) is 56.6 Å². The molecule has 0 fully saturated rings. The van der Waals surface area contributed by atoms with Crippen LogP contribution in [0.1, 0.15) is 29.1 Å². The van der Waals surface area contributed by atoms with Gasteiger partial charge in [-0.05, 0) is 12.5 Å². The molecule has 0 aliphatic rings. The van der Waals surface area contributed by atoms with Crippen LogP contribution >= 0.6 is 0 Å². The molecule has 6 heteroatoms. The Hall–Kier alpha value is -3.02. The molecule has 0 saturated heterocycles. The molecular weight excluding hydrogens is 304 g/mol. The smallest absolute Gasteiger partial charge is 0.271 e. The third-order valence-corrected chi connectivity index (χ3v) is 3.82. The summed E-state index contributed by atoms with van der Waals surface area (Å²) in [5.41, 5.74) is 3.13. The van der Waals surface area contributed by atoms with Gasteiger partial charge in [0.2, 0.25) is 0 Å². The van der Waals surface area contributed by atoms with Gasteiger partial charge in [0.15, 0.2) is 5.75 Å². The first-order chi connectivity index (χ1) is 11.6. The average Bonchev–Trinajstić information content (AvgIpc) is 3.21. The predicted octanol–water partition coefficient (Wildman–Crippen LogP) is 2.91. The molecule has 1 aromatic carbocycles. The van der Waals surface area contributed by atoms with Crippen LogP contribution in [0.3, 0.4) is 0 Å². The lowest BCUT2D eigenvalue weighted by atomic mass is 10.1. The number of rotatable bonds is 5. The summed E-state index contributed by atoms with van der Waals surface area (Å²) in [5, 5.41) is 6.79. The van der Waals surface area contributed by atoms with Crippen LogP contribution in [0.5, 0.6) is 5.75 Å². The van der Waals surface area contributed by atoms with Crippen LogP contribution in [0.15, 0.2) is 48.8 Å². The van der Waals surface area contributed by atoms with Gasteiger partial charge < -0.3 is 15.0 Å². The van der Waals surface area contributed by atoms with Crippen molar-refractivity contribution < 1.29 is 9.53 Å². The standard InChI is InChI=1S/C18H20N4O2/c1-12(13-7-5-4-6-8-13)24-16-9-15(14-10-20-22(3)11-14)21-17(16)18(23)19-2/h4-12,21H,1-3H3,(H,19,23). The van der Waals surface area contributed by atoms with Gasteiger partial charge in [-0.15, -0.1) is 0 Å². The number of aryl methyl sites for hydroxylation is 1. The van der Waals surface area contributed by atoms with Crippen LogP contribution in [-0.4, -0.2) is 27.7 Å². The molecule has 2 aromatic heterocycles. The van der Waals surface area contributed by atoms with E-state index in [4.69, 9.17) is 4.74 Å². The second-order valence-electron chi connectivity index (χ2n) is 5.57. The van der Waals surface area contributed by atoms with E-state index in [1.54, 1.807) is 17.9 Å². The number of aromatic nitrogens is 3. The van der Waals surface area contributed by atoms with Crippen molar-refractivity contribution in [2.75, 3.05) is 7.05 Å². The van der Waals surface area contributed by atoms with Crippen LogP contribution in [-0.2, 0) is 7.05 Å². The third-order valence-electron chi connectivity index (χ3n) is 3.82. The van der Waals surface area contributed by atoms with Crippen molar-refractivity contribution in [1.29, 1.82) is 0 Å². The maximum absolute atomic E-state index is 12.2. The number of H-pyrrole nitrogens is 1. The Morgan fingerprint density at radius 2 is 2.08 bits per heavy atom. The van der Waals surface area contributed by atoms with Crippen LogP contribution in [0.2, 0.25) is 0 Å². The molecule has 1 unspecified atom stereocenters. The Bertz CT molecular complexity index is 836. The van der Waals surface area contributed by atoms with Crippen LogP contribution in [0.4, 0.5) is 0 Å². The second kappa shape index (κ2) is 6.62. The number of hydrogen-bond donors (Lipinski definition) is 2. The van der Waals surface area contributed by atoms with Gasteiger partial charge in [0.05, 0.1) is 11.9 Å². The van der Waals surface area contributed by atoms with E-state index in [1.165, 1.54) is 0 Å². The van der Waals surface area contributed by atoms with Gasteiger partial charge in [-0.3, -0.25) is 9.48 Å². The zero-order valence-corrected chi connectivity index (χ0v) is 13.9. The van der Waals surface area contributed by atoms with Crippen molar-refractivity contribution >= 4 is 5.91 Å². The van der Waals surface area contributed by atoms with E-state index in [0.717, 1.165) is 16.8 Å². The molecule has 6 nitrogen and oxygen atoms in total. The Morgan fingerprint density at radius 1 is 1.33 bits per heavy atom. The molecular formula is C18H20N4O2. The molecule has 0 aliphatic carbocycles. The molecule has 1 amide bonds. The molecule has 2 N–H and O–H groups in total. The minimum Gasteiger partial charge on any atom is -0.484 e. The number of carbonyl (C=O) groups excluding carboxylic acids is 1. The maximum atomic E-state index is 12.2. The van der Waals surface area contributed by atoms with Gasteiger partial charge in [-0.25, -0.2) is 0 Å². The zero-order chi connectivity index (χ0) is 17.1. The fourth-order valence-corrected chi connectivity index (χ4v) is 2.52. The number of benzene rings is 1. The van der Waals surface area contributed by atoms with Crippen molar-refractivity contribution in [2.24, 2.45) is 7.05 Å². The van der Waals surface area contributed by atoms with Crippen LogP contribution in [0, 0.1) is 0 Å². The highest BCUT2D eigenvalue weighted by atomic mass is 16.5. The highest BCUT2D eigenvalue weighted by Crippen LogP contribution is 2.30. The maximum Gasteiger partial charge on any atom is 0.271 e. The lowest BCUT2D eigenvalue weighted by Crippen LogP contribution is -2.19. The number of hydrogen-bond acceptors (Lipinski definition) is 3. The second-order valence-corrected chi connectivity index (χ2v) is 5.57. The highest BCUT2D eigenvalue weighted by molar-refractivity contribution is 5.96. The summed E-state index contributed by atoms with van der Waals surface area (Å²) in [4.78, 5) is 15.3. The Morgan fingerprint density at radius 3 is 2.71 bits per heavy atom. The number of ether oxygens (including phenoxy) is 1. The average molecular weight is 324 g/mol. The largest absolute Gasteiger partial charge is 0.484 e. The minimum atomic E-state index is -0.222. The number of carbonyl (C=O) groups is 1. The summed E-state index contributed by atoms with van der Waals surface area (Å²) in [6, 6.07) is 11.7. The van der Waals surface area contributed by atoms with Gasteiger partial charge in [0.25, 0.3) is 5.91 Å². The van der Waals surface area contributed by atoms with Crippen LogP contribution in [0.25, 0.3) is 11.3 Å². The van der Waals surface area contributed by atoms with E-state index in [9.17, 15) is 4.79 Å². The first-order valence-corrected chi connectivity index (χ1v) is 7.74. The van der Waals surface area contributed by atoms with Crippen molar-refractivity contribution in [3.05, 3.63) is 60.0 Å². The molecule has 0 aliphatic heterocycles. The number of amides is 1. The molecule has 0 saturated carbocycles. The van der Waals surface area contributed by atoms with Crippen molar-refractivity contribution in [3.8, 4) is 17.0 Å². The van der Waals surface area contributed by atoms with Gasteiger partial charge in [-0.1, -0.05) is 30.3 Å². The third kappa shape index (κ3) is 3.17. The zero-order valence-electron chi connectivity index (χ0n) is 13.9. The molecule has 2 heterocycles. The van der Waals surface area contributed by atoms with Gasteiger partial charge in [-0.2, -0.15) is 5.10 Å².